The molecule has 0 aliphatic heterocycles. The van der Waals surface area contributed by atoms with Gasteiger partial charge in [0, 0.05) is 30.5 Å². The van der Waals surface area contributed by atoms with Crippen molar-refractivity contribution in [1.29, 1.82) is 0 Å². The van der Waals surface area contributed by atoms with Crippen LogP contribution in [-0.2, 0) is 13.2 Å². The third-order valence-electron chi connectivity index (χ3n) is 3.92. The summed E-state index contributed by atoms with van der Waals surface area (Å²) in [5.74, 6) is 0.700. The molecule has 0 spiro atoms. The van der Waals surface area contributed by atoms with Crippen LogP contribution in [0.5, 0.6) is 5.75 Å². The molecular weight excluding hydrogens is 344 g/mol. The molecule has 1 N–H and O–H groups in total. The van der Waals surface area contributed by atoms with Crippen LogP contribution in [0.1, 0.15) is 21.9 Å². The summed E-state index contributed by atoms with van der Waals surface area (Å²) < 4.78 is 11.0. The van der Waals surface area contributed by atoms with Crippen LogP contribution in [0.2, 0.25) is 0 Å². The van der Waals surface area contributed by atoms with Crippen LogP contribution >= 0.6 is 0 Å². The van der Waals surface area contributed by atoms with Gasteiger partial charge in [0.2, 0.25) is 5.89 Å². The molecule has 134 valence electrons. The Morgan fingerprint density at radius 1 is 1.11 bits per heavy atom. The van der Waals surface area contributed by atoms with Gasteiger partial charge in [-0.25, -0.2) is 4.98 Å². The normalized spacial score (nSPS) is 10.7. The van der Waals surface area contributed by atoms with E-state index < -0.39 is 0 Å². The number of hydrogen-bond donors (Lipinski definition) is 1. The summed E-state index contributed by atoms with van der Waals surface area (Å²) in [5.41, 5.74) is 2.07. The van der Waals surface area contributed by atoms with E-state index in [0.29, 0.717) is 18.2 Å². The highest BCUT2D eigenvalue weighted by Gasteiger charge is 2.12. The summed E-state index contributed by atoms with van der Waals surface area (Å²) in [5, 5.41) is 3.77. The Bertz CT molecular complexity index is 1060. The van der Waals surface area contributed by atoms with E-state index in [1.54, 1.807) is 18.6 Å². The molecule has 0 unspecified atom stereocenters. The van der Waals surface area contributed by atoms with Gasteiger partial charge < -0.3 is 14.5 Å². The molecule has 0 bridgehead atoms. The Morgan fingerprint density at radius 2 is 2.00 bits per heavy atom. The number of oxazole rings is 1. The highest BCUT2D eigenvalue weighted by Crippen LogP contribution is 2.20. The molecule has 1 amide bonds. The number of carbonyl (C=O) groups is 1. The number of aromatic nitrogens is 3. The zero-order valence-corrected chi connectivity index (χ0v) is 14.3. The summed E-state index contributed by atoms with van der Waals surface area (Å²) in [4.78, 5) is 24.5. The molecular formula is C20H16N4O3. The van der Waals surface area contributed by atoms with Gasteiger partial charge in [0.15, 0.2) is 12.3 Å². The molecule has 3 heterocycles. The number of fused-ring (bicyclic) bond motifs is 1. The molecule has 0 radical (unpaired) electrons. The second kappa shape index (κ2) is 7.65. The zero-order valence-electron chi connectivity index (χ0n) is 14.3. The van der Waals surface area contributed by atoms with Crippen LogP contribution in [0, 0.1) is 0 Å². The molecule has 0 aliphatic carbocycles. The van der Waals surface area contributed by atoms with E-state index in [1.807, 2.05) is 42.5 Å². The summed E-state index contributed by atoms with van der Waals surface area (Å²) in [7, 11) is 0. The third-order valence-corrected chi connectivity index (χ3v) is 3.92. The maximum Gasteiger partial charge on any atom is 0.273 e. The molecule has 4 rings (SSSR count). The Kier molecular flexibility index (Phi) is 4.74. The number of nitrogens with one attached hydrogen (secondary N) is 1. The fourth-order valence-corrected chi connectivity index (χ4v) is 2.54. The monoisotopic (exact) mass is 360 g/mol. The number of rotatable bonds is 6. The molecule has 7 heteroatoms. The van der Waals surface area contributed by atoms with Crippen LogP contribution in [0.4, 0.5) is 0 Å². The number of carbonyl (C=O) groups excluding carboxylic acids is 1. The van der Waals surface area contributed by atoms with E-state index in [-0.39, 0.29) is 18.2 Å². The minimum absolute atomic E-state index is 0.128. The number of amides is 1. The van der Waals surface area contributed by atoms with Crippen molar-refractivity contribution in [2.45, 2.75) is 13.2 Å². The minimum atomic E-state index is -0.307. The van der Waals surface area contributed by atoms with Gasteiger partial charge in [-0.3, -0.25) is 14.8 Å². The van der Waals surface area contributed by atoms with Crippen LogP contribution in [-0.4, -0.2) is 20.9 Å². The highest BCUT2D eigenvalue weighted by molar-refractivity contribution is 5.91. The highest BCUT2D eigenvalue weighted by atomic mass is 16.5. The van der Waals surface area contributed by atoms with Crippen molar-refractivity contribution >= 4 is 16.8 Å². The van der Waals surface area contributed by atoms with Gasteiger partial charge in [0.25, 0.3) is 5.91 Å². The first-order valence-electron chi connectivity index (χ1n) is 8.37. The van der Waals surface area contributed by atoms with Crippen molar-refractivity contribution in [2.24, 2.45) is 0 Å². The van der Waals surface area contributed by atoms with Crippen molar-refractivity contribution in [2.75, 3.05) is 0 Å². The molecule has 0 saturated carbocycles. The molecule has 7 nitrogen and oxygen atoms in total. The van der Waals surface area contributed by atoms with E-state index in [2.05, 4.69) is 20.3 Å². The predicted molar refractivity (Wildman–Crippen MR) is 98.0 cm³/mol. The second-order valence-corrected chi connectivity index (χ2v) is 5.81. The van der Waals surface area contributed by atoms with Crippen LogP contribution in [0.25, 0.3) is 10.9 Å². The van der Waals surface area contributed by atoms with E-state index in [0.717, 1.165) is 16.5 Å². The van der Waals surface area contributed by atoms with Gasteiger partial charge in [0.05, 0.1) is 5.52 Å². The molecule has 27 heavy (non-hydrogen) atoms. The summed E-state index contributed by atoms with van der Waals surface area (Å²) in [6.07, 6.45) is 6.42. The van der Waals surface area contributed by atoms with Gasteiger partial charge in [-0.05, 0) is 42.0 Å². The Labute approximate surface area is 155 Å². The minimum Gasteiger partial charge on any atom is -0.484 e. The smallest absolute Gasteiger partial charge is 0.273 e. The molecule has 3 aromatic heterocycles. The van der Waals surface area contributed by atoms with Gasteiger partial charge in [-0.1, -0.05) is 6.07 Å². The maximum atomic E-state index is 12.2. The first kappa shape index (κ1) is 16.7. The van der Waals surface area contributed by atoms with Crippen molar-refractivity contribution in [3.05, 3.63) is 84.5 Å². The molecule has 0 fully saturated rings. The number of ether oxygens (including phenoxy) is 1. The van der Waals surface area contributed by atoms with Crippen molar-refractivity contribution < 1.29 is 13.9 Å². The van der Waals surface area contributed by atoms with Gasteiger partial charge in [-0.2, -0.15) is 0 Å². The number of hydrogen-bond acceptors (Lipinski definition) is 6. The van der Waals surface area contributed by atoms with E-state index in [1.165, 1.54) is 6.26 Å². The quantitative estimate of drug-likeness (QED) is 0.568. The van der Waals surface area contributed by atoms with Crippen LogP contribution in [0.3, 0.4) is 0 Å². The fraction of sp³-hybridized carbons (Fsp3) is 0.100. The lowest BCUT2D eigenvalue weighted by Gasteiger charge is -2.04. The second-order valence-electron chi connectivity index (χ2n) is 5.81. The standard InChI is InChI=1S/C20H16N4O3/c25-20(23-11-14-5-8-21-9-6-14)18-12-27-19(24-18)13-26-16-3-4-17-15(10-16)2-1-7-22-17/h1-10,12H,11,13H2,(H,23,25). The lowest BCUT2D eigenvalue weighted by atomic mass is 10.2. The Hall–Kier alpha value is -3.74. The molecule has 0 saturated heterocycles. The van der Waals surface area contributed by atoms with Crippen molar-refractivity contribution in [3.63, 3.8) is 0 Å². The van der Waals surface area contributed by atoms with Gasteiger partial charge in [-0.15, -0.1) is 0 Å². The number of pyridine rings is 2. The van der Waals surface area contributed by atoms with Crippen molar-refractivity contribution in [3.8, 4) is 5.75 Å². The van der Waals surface area contributed by atoms with E-state index in [9.17, 15) is 4.79 Å². The third kappa shape index (κ3) is 4.09. The average Bonchev–Trinajstić information content (AvgIpc) is 3.20. The topological polar surface area (TPSA) is 90.1 Å². The SMILES string of the molecule is O=C(NCc1ccncc1)c1coc(COc2ccc3ncccc3c2)n1. The van der Waals surface area contributed by atoms with Crippen molar-refractivity contribution in [1.82, 2.24) is 20.3 Å². The summed E-state index contributed by atoms with van der Waals surface area (Å²) in [6, 6.07) is 13.1. The number of nitrogens with zero attached hydrogens (tertiary/aromatic N) is 3. The predicted octanol–water partition coefficient (Wildman–Crippen LogP) is 3.13. The summed E-state index contributed by atoms with van der Waals surface area (Å²) in [6.45, 7) is 0.522. The first-order chi connectivity index (χ1) is 13.3. The van der Waals surface area contributed by atoms with Crippen LogP contribution < -0.4 is 10.1 Å². The molecule has 0 aliphatic rings. The van der Waals surface area contributed by atoms with E-state index in [4.69, 9.17) is 9.15 Å². The average molecular weight is 360 g/mol. The molecule has 4 aromatic rings. The van der Waals surface area contributed by atoms with Gasteiger partial charge in [0.1, 0.15) is 12.0 Å². The largest absolute Gasteiger partial charge is 0.484 e. The zero-order chi connectivity index (χ0) is 18.5. The lowest BCUT2D eigenvalue weighted by Crippen LogP contribution is -2.23. The Balaban J connectivity index is 1.35. The van der Waals surface area contributed by atoms with Gasteiger partial charge >= 0.3 is 0 Å². The Morgan fingerprint density at radius 3 is 2.89 bits per heavy atom. The summed E-state index contributed by atoms with van der Waals surface area (Å²) >= 11 is 0. The fourth-order valence-electron chi connectivity index (χ4n) is 2.54. The number of benzene rings is 1. The van der Waals surface area contributed by atoms with Crippen LogP contribution in [0.15, 0.2) is 71.7 Å². The first-order valence-corrected chi connectivity index (χ1v) is 8.37. The maximum absolute atomic E-state index is 12.2. The van der Waals surface area contributed by atoms with E-state index >= 15 is 0 Å². The lowest BCUT2D eigenvalue weighted by molar-refractivity contribution is 0.0946. The molecule has 0 atom stereocenters. The molecule has 1 aromatic carbocycles.